The van der Waals surface area contributed by atoms with Gasteiger partial charge in [-0.1, -0.05) is 18.2 Å². The molecule has 1 atom stereocenters. The van der Waals surface area contributed by atoms with Crippen LogP contribution in [0.2, 0.25) is 0 Å². The summed E-state index contributed by atoms with van der Waals surface area (Å²) >= 11 is 1.78. The molecular weight excluding hydrogens is 192 g/mol. The van der Waals surface area contributed by atoms with Gasteiger partial charge in [0, 0.05) is 4.70 Å². The van der Waals surface area contributed by atoms with Crippen LogP contribution in [0.1, 0.15) is 18.9 Å². The van der Waals surface area contributed by atoms with Gasteiger partial charge in [0.25, 0.3) is 0 Å². The number of rotatable bonds is 3. The first-order valence-corrected chi connectivity index (χ1v) is 5.78. The zero-order chi connectivity index (χ0) is 9.97. The van der Waals surface area contributed by atoms with Gasteiger partial charge in [0.15, 0.2) is 0 Å². The van der Waals surface area contributed by atoms with Crippen molar-refractivity contribution in [1.82, 2.24) is 0 Å². The monoisotopic (exact) mass is 206 g/mol. The fourth-order valence-electron chi connectivity index (χ4n) is 1.59. The molecule has 2 rings (SSSR count). The van der Waals surface area contributed by atoms with Crippen LogP contribution in [0, 0.1) is 0 Å². The Hall–Kier alpha value is -0.860. The Kier molecular flexibility index (Phi) is 2.85. The van der Waals surface area contributed by atoms with Crippen molar-refractivity contribution in [3.05, 3.63) is 35.2 Å². The summed E-state index contributed by atoms with van der Waals surface area (Å²) in [6, 6.07) is 8.44. The van der Waals surface area contributed by atoms with Gasteiger partial charge in [-0.15, -0.1) is 11.3 Å². The average Bonchev–Trinajstić information content (AvgIpc) is 2.58. The second-order valence-electron chi connectivity index (χ2n) is 3.64. The molecule has 14 heavy (non-hydrogen) atoms. The normalized spacial score (nSPS) is 13.3. The summed E-state index contributed by atoms with van der Waals surface area (Å²) < 4.78 is 1.34. The van der Waals surface area contributed by atoms with E-state index in [-0.39, 0.29) is 6.10 Å². The van der Waals surface area contributed by atoms with E-state index in [1.807, 2.05) is 6.92 Å². The third kappa shape index (κ3) is 1.97. The van der Waals surface area contributed by atoms with Crippen molar-refractivity contribution in [1.29, 1.82) is 0 Å². The summed E-state index contributed by atoms with van der Waals surface area (Å²) in [5.41, 5.74) is 1.37. The molecule has 2 aromatic rings. The molecule has 1 nitrogen and oxygen atoms in total. The molecule has 0 aliphatic carbocycles. The molecule has 1 N–H and O–H groups in total. The Morgan fingerprint density at radius 2 is 2.14 bits per heavy atom. The number of hydrogen-bond donors (Lipinski definition) is 1. The smallest absolute Gasteiger partial charge is 0.0515 e. The number of fused-ring (bicyclic) bond motifs is 1. The van der Waals surface area contributed by atoms with Crippen LogP contribution in [0.3, 0.4) is 0 Å². The van der Waals surface area contributed by atoms with Gasteiger partial charge in [-0.2, -0.15) is 0 Å². The molecule has 0 aliphatic heterocycles. The Morgan fingerprint density at radius 1 is 1.36 bits per heavy atom. The molecule has 1 aromatic heterocycles. The van der Waals surface area contributed by atoms with Crippen molar-refractivity contribution < 1.29 is 5.11 Å². The number of aryl methyl sites for hydroxylation is 1. The van der Waals surface area contributed by atoms with Crippen LogP contribution in [-0.4, -0.2) is 11.2 Å². The predicted octanol–water partition coefficient (Wildman–Crippen LogP) is 3.21. The average molecular weight is 206 g/mol. The highest BCUT2D eigenvalue weighted by Crippen LogP contribution is 2.26. The van der Waals surface area contributed by atoms with Crippen molar-refractivity contribution in [3.8, 4) is 0 Å². The highest BCUT2D eigenvalue weighted by molar-refractivity contribution is 7.17. The van der Waals surface area contributed by atoms with Crippen molar-refractivity contribution in [2.24, 2.45) is 0 Å². The van der Waals surface area contributed by atoms with Gasteiger partial charge >= 0.3 is 0 Å². The number of hydrogen-bond acceptors (Lipinski definition) is 2. The molecule has 0 amide bonds. The maximum atomic E-state index is 9.23. The molecule has 0 saturated heterocycles. The fraction of sp³-hybridized carbons (Fsp3) is 0.333. The summed E-state index contributed by atoms with van der Waals surface area (Å²) in [5.74, 6) is 0. The first kappa shape index (κ1) is 9.69. The van der Waals surface area contributed by atoms with E-state index >= 15 is 0 Å². The summed E-state index contributed by atoms with van der Waals surface area (Å²) in [6.45, 7) is 1.84. The Balaban J connectivity index is 2.25. The minimum absolute atomic E-state index is 0.200. The standard InChI is InChI=1S/C12H14OS/c1-9(13)6-7-10-8-14-12-5-3-2-4-11(10)12/h2-5,8-9,13H,6-7H2,1H3/t9-/m1/s1. The van der Waals surface area contributed by atoms with Gasteiger partial charge in [0.1, 0.15) is 0 Å². The quantitative estimate of drug-likeness (QED) is 0.817. The minimum atomic E-state index is -0.200. The summed E-state index contributed by atoms with van der Waals surface area (Å²) in [7, 11) is 0. The van der Waals surface area contributed by atoms with Crippen molar-refractivity contribution in [2.45, 2.75) is 25.9 Å². The van der Waals surface area contributed by atoms with Crippen molar-refractivity contribution in [3.63, 3.8) is 0 Å². The van der Waals surface area contributed by atoms with E-state index in [4.69, 9.17) is 0 Å². The van der Waals surface area contributed by atoms with Crippen molar-refractivity contribution in [2.75, 3.05) is 0 Å². The molecule has 0 unspecified atom stereocenters. The molecule has 1 heterocycles. The Morgan fingerprint density at radius 3 is 2.93 bits per heavy atom. The van der Waals surface area contributed by atoms with Crippen LogP contribution >= 0.6 is 11.3 Å². The molecule has 0 spiro atoms. The fourth-order valence-corrected chi connectivity index (χ4v) is 2.59. The second-order valence-corrected chi connectivity index (χ2v) is 4.56. The topological polar surface area (TPSA) is 20.2 Å². The van der Waals surface area contributed by atoms with Crippen LogP contribution in [0.15, 0.2) is 29.6 Å². The van der Waals surface area contributed by atoms with Crippen molar-refractivity contribution >= 4 is 21.4 Å². The van der Waals surface area contributed by atoms with Gasteiger partial charge in [-0.05, 0) is 42.2 Å². The van der Waals surface area contributed by atoms with Crippen LogP contribution in [-0.2, 0) is 6.42 Å². The van der Waals surface area contributed by atoms with E-state index in [1.54, 1.807) is 11.3 Å². The van der Waals surface area contributed by atoms with E-state index in [1.165, 1.54) is 15.6 Å². The van der Waals surface area contributed by atoms with E-state index in [0.717, 1.165) is 12.8 Å². The molecule has 0 radical (unpaired) electrons. The molecule has 1 aromatic carbocycles. The third-order valence-electron chi connectivity index (χ3n) is 2.39. The first-order valence-electron chi connectivity index (χ1n) is 4.90. The molecule has 0 saturated carbocycles. The van der Waals surface area contributed by atoms with Gasteiger partial charge in [0.2, 0.25) is 0 Å². The lowest BCUT2D eigenvalue weighted by Crippen LogP contribution is -2.00. The lowest BCUT2D eigenvalue weighted by molar-refractivity contribution is 0.185. The van der Waals surface area contributed by atoms with Gasteiger partial charge in [-0.25, -0.2) is 0 Å². The van der Waals surface area contributed by atoms with E-state index < -0.39 is 0 Å². The molecule has 0 bridgehead atoms. The Bertz CT molecular complexity index is 417. The van der Waals surface area contributed by atoms with Crippen LogP contribution in [0.25, 0.3) is 10.1 Å². The first-order chi connectivity index (χ1) is 6.77. The van der Waals surface area contributed by atoms with E-state index in [9.17, 15) is 5.11 Å². The van der Waals surface area contributed by atoms with E-state index in [2.05, 4.69) is 29.6 Å². The SMILES string of the molecule is C[C@@H](O)CCc1csc2ccccc12. The summed E-state index contributed by atoms with van der Waals surface area (Å²) in [5, 5.41) is 12.8. The maximum absolute atomic E-state index is 9.23. The number of aliphatic hydroxyl groups excluding tert-OH is 1. The highest BCUT2D eigenvalue weighted by atomic mass is 32.1. The number of aliphatic hydroxyl groups is 1. The zero-order valence-corrected chi connectivity index (χ0v) is 9.05. The molecule has 74 valence electrons. The van der Waals surface area contributed by atoms with Gasteiger partial charge < -0.3 is 5.11 Å². The van der Waals surface area contributed by atoms with Crippen LogP contribution in [0.5, 0.6) is 0 Å². The molecule has 0 aliphatic rings. The summed E-state index contributed by atoms with van der Waals surface area (Å²) in [6.07, 6.45) is 1.62. The summed E-state index contributed by atoms with van der Waals surface area (Å²) in [4.78, 5) is 0. The maximum Gasteiger partial charge on any atom is 0.0515 e. The van der Waals surface area contributed by atoms with Gasteiger partial charge in [-0.3, -0.25) is 0 Å². The lowest BCUT2D eigenvalue weighted by atomic mass is 10.1. The van der Waals surface area contributed by atoms with Gasteiger partial charge in [0.05, 0.1) is 6.10 Å². The molecule has 0 fully saturated rings. The Labute approximate surface area is 88.0 Å². The lowest BCUT2D eigenvalue weighted by Gasteiger charge is -2.02. The molecule has 2 heteroatoms. The predicted molar refractivity (Wildman–Crippen MR) is 61.8 cm³/mol. The van der Waals surface area contributed by atoms with Crippen LogP contribution in [0.4, 0.5) is 0 Å². The highest BCUT2D eigenvalue weighted by Gasteiger charge is 2.04. The largest absolute Gasteiger partial charge is 0.393 e. The van der Waals surface area contributed by atoms with Crippen LogP contribution < -0.4 is 0 Å². The molecular formula is C12H14OS. The number of thiophene rings is 1. The third-order valence-corrected chi connectivity index (χ3v) is 3.40. The van der Waals surface area contributed by atoms with E-state index in [0.29, 0.717) is 0 Å². The minimum Gasteiger partial charge on any atom is -0.393 e. The second kappa shape index (κ2) is 4.11. The number of benzene rings is 1. The zero-order valence-electron chi connectivity index (χ0n) is 8.23.